The van der Waals surface area contributed by atoms with Gasteiger partial charge in [-0.2, -0.15) is 0 Å². The number of aliphatic imine (C=N–C) groups is 1. The number of nitrogens with zero attached hydrogens (tertiary/aromatic N) is 4. The first-order valence-corrected chi connectivity index (χ1v) is 6.11. The van der Waals surface area contributed by atoms with Crippen molar-refractivity contribution < 1.29 is 0 Å². The molecule has 0 N–H and O–H groups in total. The molecule has 1 aromatic heterocycles. The van der Waals surface area contributed by atoms with Crippen molar-refractivity contribution in [3.8, 4) is 0 Å². The van der Waals surface area contributed by atoms with E-state index in [-0.39, 0.29) is 11.1 Å². The molecule has 96 valence electrons. The Morgan fingerprint density at radius 2 is 1.89 bits per heavy atom. The summed E-state index contributed by atoms with van der Waals surface area (Å²) in [4.78, 5) is 4.07. The topological polar surface area (TPSA) is 32.9 Å². The SMILES string of the molecule is CC(C)(c1ccn(C(C)(C)C)c1)N1C=NC=C=N1. The predicted octanol–water partition coefficient (Wildman–Crippen LogP) is 2.92. The van der Waals surface area contributed by atoms with Gasteiger partial charge in [0.25, 0.3) is 0 Å². The Bertz CT molecular complexity index is 522. The molecule has 0 radical (unpaired) electrons. The highest BCUT2D eigenvalue weighted by atomic mass is 15.5. The van der Waals surface area contributed by atoms with Gasteiger partial charge in [0.2, 0.25) is 0 Å². The molecule has 0 saturated carbocycles. The summed E-state index contributed by atoms with van der Waals surface area (Å²) in [5, 5.41) is 6.05. The van der Waals surface area contributed by atoms with E-state index < -0.39 is 0 Å². The van der Waals surface area contributed by atoms with Gasteiger partial charge in [-0.3, -0.25) is 0 Å². The molecule has 0 aliphatic carbocycles. The summed E-state index contributed by atoms with van der Waals surface area (Å²) in [7, 11) is 0. The Morgan fingerprint density at radius 1 is 1.17 bits per heavy atom. The second kappa shape index (κ2) is 4.14. The zero-order valence-electron chi connectivity index (χ0n) is 11.7. The van der Waals surface area contributed by atoms with Crippen molar-refractivity contribution in [1.82, 2.24) is 9.58 Å². The van der Waals surface area contributed by atoms with Gasteiger partial charge in [-0.15, -0.1) is 5.10 Å². The molecule has 1 aromatic rings. The molecule has 0 saturated heterocycles. The molecule has 4 heteroatoms. The minimum atomic E-state index is -0.235. The third kappa shape index (κ3) is 2.24. The number of hydrazone groups is 1. The number of rotatable bonds is 2. The summed E-state index contributed by atoms with van der Waals surface area (Å²) in [6, 6.07) is 2.13. The first kappa shape index (κ1) is 12.7. The van der Waals surface area contributed by atoms with E-state index in [1.54, 1.807) is 12.5 Å². The van der Waals surface area contributed by atoms with Crippen LogP contribution in [0.25, 0.3) is 0 Å². The summed E-state index contributed by atoms with van der Waals surface area (Å²) < 4.78 is 2.21. The molecule has 0 amide bonds. The van der Waals surface area contributed by atoms with Gasteiger partial charge in [0.05, 0.1) is 11.7 Å². The molecule has 0 atom stereocenters. The Labute approximate surface area is 108 Å². The van der Waals surface area contributed by atoms with Gasteiger partial charge in [-0.25, -0.2) is 10.0 Å². The zero-order valence-corrected chi connectivity index (χ0v) is 11.7. The van der Waals surface area contributed by atoms with Gasteiger partial charge in [0, 0.05) is 23.8 Å². The van der Waals surface area contributed by atoms with Gasteiger partial charge in [0.1, 0.15) is 6.34 Å². The standard InChI is InChI=1S/C14H20N4/c1-13(2,3)17-9-6-12(10-17)14(4,5)18-11-15-7-8-16-18/h6-7,9-11H,1-5H3. The van der Waals surface area contributed by atoms with Gasteiger partial charge < -0.3 is 4.57 Å². The molecule has 0 fully saturated rings. The maximum Gasteiger partial charge on any atom is 0.114 e. The lowest BCUT2D eigenvalue weighted by molar-refractivity contribution is 0.233. The molecule has 0 bridgehead atoms. The molecule has 2 heterocycles. The monoisotopic (exact) mass is 244 g/mol. The Kier molecular flexibility index (Phi) is 2.91. The van der Waals surface area contributed by atoms with Crippen molar-refractivity contribution in [2.45, 2.75) is 45.7 Å². The molecule has 1 aliphatic rings. The van der Waals surface area contributed by atoms with Gasteiger partial charge >= 0.3 is 0 Å². The summed E-state index contributed by atoms with van der Waals surface area (Å²) in [5.41, 5.74) is 1.06. The largest absolute Gasteiger partial charge is 0.349 e. The molecule has 2 rings (SSSR count). The first-order chi connectivity index (χ1) is 8.32. The molecule has 0 aromatic carbocycles. The molecule has 4 nitrogen and oxygen atoms in total. The minimum absolute atomic E-state index is 0.0908. The maximum atomic E-state index is 4.22. The van der Waals surface area contributed by atoms with Crippen molar-refractivity contribution >= 4 is 12.2 Å². The quantitative estimate of drug-likeness (QED) is 0.787. The van der Waals surface area contributed by atoms with Crippen molar-refractivity contribution in [3.63, 3.8) is 0 Å². The molecule has 1 aliphatic heterocycles. The van der Waals surface area contributed by atoms with Crippen LogP contribution in [0.3, 0.4) is 0 Å². The van der Waals surface area contributed by atoms with Crippen molar-refractivity contribution in [2.24, 2.45) is 10.1 Å². The summed E-state index contributed by atoms with van der Waals surface area (Å²) >= 11 is 0. The van der Waals surface area contributed by atoms with Crippen molar-refractivity contribution in [1.29, 1.82) is 0 Å². The smallest absolute Gasteiger partial charge is 0.114 e. The highest BCUT2D eigenvalue weighted by Gasteiger charge is 2.29. The Morgan fingerprint density at radius 3 is 2.39 bits per heavy atom. The van der Waals surface area contributed by atoms with E-state index >= 15 is 0 Å². The summed E-state index contributed by atoms with van der Waals surface area (Å²) in [6.45, 7) is 10.8. The molecular weight excluding hydrogens is 224 g/mol. The molecular formula is C14H20N4. The van der Waals surface area contributed by atoms with E-state index in [4.69, 9.17) is 0 Å². The maximum absolute atomic E-state index is 4.22. The fourth-order valence-corrected chi connectivity index (χ4v) is 1.82. The first-order valence-electron chi connectivity index (χ1n) is 6.11. The van der Waals surface area contributed by atoms with Crippen LogP contribution in [-0.4, -0.2) is 21.8 Å². The van der Waals surface area contributed by atoms with E-state index in [9.17, 15) is 0 Å². The van der Waals surface area contributed by atoms with Crippen LogP contribution in [0.15, 0.2) is 34.8 Å². The third-order valence-corrected chi connectivity index (χ3v) is 3.22. The fourth-order valence-electron chi connectivity index (χ4n) is 1.82. The molecule has 18 heavy (non-hydrogen) atoms. The van der Waals surface area contributed by atoms with E-state index in [1.807, 2.05) is 5.01 Å². The second-order valence-electron chi connectivity index (χ2n) is 6.00. The van der Waals surface area contributed by atoms with Crippen LogP contribution in [0, 0.1) is 0 Å². The molecule has 0 spiro atoms. The Balaban J connectivity index is 2.33. The third-order valence-electron chi connectivity index (χ3n) is 3.22. The zero-order chi connectivity index (χ0) is 13.4. The highest BCUT2D eigenvalue weighted by Crippen LogP contribution is 2.29. The van der Waals surface area contributed by atoms with Crippen LogP contribution in [0.1, 0.15) is 40.2 Å². The summed E-state index contributed by atoms with van der Waals surface area (Å²) in [5.74, 6) is 2.77. The van der Waals surface area contributed by atoms with E-state index in [2.05, 4.69) is 73.6 Å². The lowest BCUT2D eigenvalue weighted by Gasteiger charge is -2.32. The van der Waals surface area contributed by atoms with Crippen LogP contribution in [-0.2, 0) is 11.1 Å². The van der Waals surface area contributed by atoms with Gasteiger partial charge in [0.15, 0.2) is 0 Å². The van der Waals surface area contributed by atoms with Crippen LogP contribution in [0.5, 0.6) is 0 Å². The highest BCUT2D eigenvalue weighted by molar-refractivity contribution is 5.66. The van der Waals surface area contributed by atoms with Gasteiger partial charge in [-0.05, 0) is 46.2 Å². The normalized spacial score (nSPS) is 15.5. The van der Waals surface area contributed by atoms with Crippen LogP contribution in [0.4, 0.5) is 0 Å². The Hall–Kier alpha value is -1.80. The van der Waals surface area contributed by atoms with Crippen LogP contribution >= 0.6 is 0 Å². The van der Waals surface area contributed by atoms with Crippen molar-refractivity contribution in [3.05, 3.63) is 30.2 Å². The number of hydrogen-bond donors (Lipinski definition) is 0. The van der Waals surface area contributed by atoms with Gasteiger partial charge in [-0.1, -0.05) is 0 Å². The summed E-state index contributed by atoms with van der Waals surface area (Å²) in [6.07, 6.45) is 7.57. The average molecular weight is 244 g/mol. The fraction of sp³-hybridized carbons (Fsp3) is 0.500. The second-order valence-corrected chi connectivity index (χ2v) is 6.00. The van der Waals surface area contributed by atoms with Crippen LogP contribution < -0.4 is 0 Å². The van der Waals surface area contributed by atoms with E-state index in [0.717, 1.165) is 0 Å². The van der Waals surface area contributed by atoms with Crippen LogP contribution in [0.2, 0.25) is 0 Å². The average Bonchev–Trinajstić information content (AvgIpc) is 2.79. The lowest BCUT2D eigenvalue weighted by Crippen LogP contribution is -2.37. The minimum Gasteiger partial charge on any atom is -0.349 e. The van der Waals surface area contributed by atoms with Crippen molar-refractivity contribution in [2.75, 3.05) is 0 Å². The number of hydrogen-bond acceptors (Lipinski definition) is 3. The van der Waals surface area contributed by atoms with E-state index in [0.29, 0.717) is 0 Å². The molecule has 0 unspecified atom stereocenters. The lowest BCUT2D eigenvalue weighted by atomic mass is 9.97. The predicted molar refractivity (Wildman–Crippen MR) is 74.8 cm³/mol. The van der Waals surface area contributed by atoms with E-state index in [1.165, 1.54) is 5.56 Å². The number of aromatic nitrogens is 1.